The van der Waals surface area contributed by atoms with E-state index in [4.69, 9.17) is 0 Å². The number of hydrogen-bond acceptors (Lipinski definition) is 2. The Bertz CT molecular complexity index is 1390. The van der Waals surface area contributed by atoms with Crippen molar-refractivity contribution in [1.29, 1.82) is 0 Å². The van der Waals surface area contributed by atoms with E-state index < -0.39 is 5.97 Å². The highest BCUT2D eigenvalue weighted by molar-refractivity contribution is 6.01. The number of carbonyl (C=O) groups is 1. The molecule has 0 spiro atoms. The van der Waals surface area contributed by atoms with Crippen LogP contribution in [0.4, 0.5) is 13.2 Å². The van der Waals surface area contributed by atoms with Crippen LogP contribution in [0.2, 0.25) is 0 Å². The molecular formula is C32H32F3NO2. The van der Waals surface area contributed by atoms with Crippen molar-refractivity contribution in [2.45, 2.75) is 39.0 Å². The molecule has 6 heteroatoms. The highest BCUT2D eigenvalue weighted by Crippen LogP contribution is 2.42. The van der Waals surface area contributed by atoms with E-state index in [1.807, 2.05) is 18.2 Å². The number of benzene rings is 3. The summed E-state index contributed by atoms with van der Waals surface area (Å²) in [6.45, 7) is 4.00. The lowest BCUT2D eigenvalue weighted by molar-refractivity contribution is 0.0696. The van der Waals surface area contributed by atoms with Crippen LogP contribution in [0.15, 0.2) is 54.6 Å². The molecule has 0 atom stereocenters. The minimum absolute atomic E-state index is 0.199. The van der Waals surface area contributed by atoms with Gasteiger partial charge in [0.25, 0.3) is 0 Å². The number of likely N-dealkylation sites (tertiary alicyclic amines) is 1. The second-order valence-electron chi connectivity index (χ2n) is 10.5. The predicted octanol–water partition coefficient (Wildman–Crippen LogP) is 7.10. The fourth-order valence-electron chi connectivity index (χ4n) is 5.93. The normalized spacial score (nSPS) is 16.2. The van der Waals surface area contributed by atoms with Gasteiger partial charge in [0.15, 0.2) is 0 Å². The number of alkyl halides is 1. The average Bonchev–Trinajstić information content (AvgIpc) is 3.06. The molecular weight excluding hydrogens is 487 g/mol. The van der Waals surface area contributed by atoms with Crippen LogP contribution in [0.1, 0.15) is 63.0 Å². The third kappa shape index (κ3) is 5.28. The fraction of sp³-hybridized carbons (Fsp3) is 0.344. The Morgan fingerprint density at radius 2 is 1.76 bits per heavy atom. The van der Waals surface area contributed by atoms with E-state index in [1.165, 1.54) is 6.07 Å². The van der Waals surface area contributed by atoms with Gasteiger partial charge in [0, 0.05) is 25.2 Å². The molecule has 0 bridgehead atoms. The van der Waals surface area contributed by atoms with Crippen LogP contribution in [-0.2, 0) is 12.8 Å². The highest BCUT2D eigenvalue weighted by atomic mass is 19.1. The van der Waals surface area contributed by atoms with Crippen LogP contribution in [0.5, 0.6) is 0 Å². The number of rotatable bonds is 8. The Morgan fingerprint density at radius 3 is 2.50 bits per heavy atom. The first-order valence-corrected chi connectivity index (χ1v) is 13.3. The monoisotopic (exact) mass is 519 g/mol. The summed E-state index contributed by atoms with van der Waals surface area (Å²) in [6.07, 6.45) is 3.32. The Balaban J connectivity index is 1.56. The van der Waals surface area contributed by atoms with Crippen molar-refractivity contribution < 1.29 is 23.1 Å². The van der Waals surface area contributed by atoms with E-state index in [-0.39, 0.29) is 23.9 Å². The Labute approximate surface area is 221 Å². The second-order valence-corrected chi connectivity index (χ2v) is 10.5. The number of hydrogen-bond donors (Lipinski definition) is 1. The van der Waals surface area contributed by atoms with Gasteiger partial charge < -0.3 is 10.0 Å². The van der Waals surface area contributed by atoms with Crippen LogP contribution >= 0.6 is 0 Å². The number of nitrogens with zero attached hydrogens (tertiary/aromatic N) is 1. The van der Waals surface area contributed by atoms with E-state index in [0.717, 1.165) is 60.3 Å². The summed E-state index contributed by atoms with van der Waals surface area (Å²) in [5, 5.41) is 9.53. The van der Waals surface area contributed by atoms with Crippen LogP contribution in [0.25, 0.3) is 11.1 Å². The number of allylic oxidation sites excluding steroid dienone is 1. The summed E-state index contributed by atoms with van der Waals surface area (Å²) in [5.41, 5.74) is 6.05. The number of carboxylic acids is 1. The molecule has 0 saturated carbocycles. The first-order chi connectivity index (χ1) is 18.4. The Morgan fingerprint density at radius 1 is 0.974 bits per heavy atom. The van der Waals surface area contributed by atoms with Crippen molar-refractivity contribution in [2.75, 3.05) is 26.3 Å². The number of carboxylic acid groups (broad SMARTS) is 1. The van der Waals surface area contributed by atoms with Gasteiger partial charge in [-0.15, -0.1) is 0 Å². The Kier molecular flexibility index (Phi) is 7.70. The Hall–Kier alpha value is -3.38. The zero-order valence-electron chi connectivity index (χ0n) is 21.6. The van der Waals surface area contributed by atoms with Crippen molar-refractivity contribution in [1.82, 2.24) is 4.90 Å². The van der Waals surface area contributed by atoms with Crippen molar-refractivity contribution in [3.05, 3.63) is 105 Å². The summed E-state index contributed by atoms with van der Waals surface area (Å²) < 4.78 is 42.9. The molecule has 3 aromatic rings. The largest absolute Gasteiger partial charge is 0.478 e. The van der Waals surface area contributed by atoms with Gasteiger partial charge in [-0.25, -0.2) is 13.6 Å². The summed E-state index contributed by atoms with van der Waals surface area (Å²) in [7, 11) is 0. The molecule has 198 valence electrons. The smallest absolute Gasteiger partial charge is 0.335 e. The van der Waals surface area contributed by atoms with Crippen molar-refractivity contribution in [2.24, 2.45) is 5.92 Å². The lowest BCUT2D eigenvalue weighted by Crippen LogP contribution is -2.47. The topological polar surface area (TPSA) is 40.5 Å². The summed E-state index contributed by atoms with van der Waals surface area (Å²) in [4.78, 5) is 13.9. The molecule has 0 aromatic heterocycles. The van der Waals surface area contributed by atoms with Gasteiger partial charge >= 0.3 is 5.97 Å². The van der Waals surface area contributed by atoms with Gasteiger partial charge in [0.2, 0.25) is 0 Å². The molecule has 2 aliphatic rings. The number of aryl methyl sites for hydroxylation is 1. The average molecular weight is 520 g/mol. The van der Waals surface area contributed by atoms with Crippen molar-refractivity contribution in [3.8, 4) is 0 Å². The van der Waals surface area contributed by atoms with Gasteiger partial charge in [-0.3, -0.25) is 4.39 Å². The van der Waals surface area contributed by atoms with Gasteiger partial charge in [0.1, 0.15) is 11.6 Å². The number of aromatic carboxylic acids is 1. The minimum atomic E-state index is -1.00. The molecule has 3 nitrogen and oxygen atoms in total. The van der Waals surface area contributed by atoms with E-state index in [2.05, 4.69) is 4.90 Å². The molecule has 1 fully saturated rings. The van der Waals surface area contributed by atoms with E-state index in [0.29, 0.717) is 41.9 Å². The van der Waals surface area contributed by atoms with Crippen LogP contribution in [0.3, 0.4) is 0 Å². The predicted molar refractivity (Wildman–Crippen MR) is 144 cm³/mol. The highest BCUT2D eigenvalue weighted by Gasteiger charge is 2.28. The van der Waals surface area contributed by atoms with Gasteiger partial charge in [0.05, 0.1) is 12.2 Å². The maximum atomic E-state index is 15.9. The maximum absolute atomic E-state index is 15.9. The molecule has 1 heterocycles. The molecule has 5 rings (SSSR count). The van der Waals surface area contributed by atoms with E-state index in [1.54, 1.807) is 37.3 Å². The second kappa shape index (κ2) is 11.2. The molecule has 3 aromatic carbocycles. The van der Waals surface area contributed by atoms with Crippen molar-refractivity contribution >= 4 is 17.1 Å². The first kappa shape index (κ1) is 26.2. The molecule has 0 radical (unpaired) electrons. The summed E-state index contributed by atoms with van der Waals surface area (Å²) >= 11 is 0. The van der Waals surface area contributed by atoms with Gasteiger partial charge in [-0.05, 0) is 108 Å². The minimum Gasteiger partial charge on any atom is -0.478 e. The number of halogens is 3. The summed E-state index contributed by atoms with van der Waals surface area (Å²) in [6, 6.07) is 15.4. The van der Waals surface area contributed by atoms with Crippen molar-refractivity contribution in [3.63, 3.8) is 0 Å². The van der Waals surface area contributed by atoms with Gasteiger partial charge in [-0.1, -0.05) is 30.3 Å². The van der Waals surface area contributed by atoms with E-state index >= 15 is 4.39 Å². The molecule has 38 heavy (non-hydrogen) atoms. The van der Waals surface area contributed by atoms with Crippen LogP contribution < -0.4 is 0 Å². The third-order valence-electron chi connectivity index (χ3n) is 7.86. The molecule has 1 aliphatic heterocycles. The quantitative estimate of drug-likeness (QED) is 0.345. The zero-order chi connectivity index (χ0) is 26.8. The summed E-state index contributed by atoms with van der Waals surface area (Å²) in [5.74, 6) is -1.22. The van der Waals surface area contributed by atoms with E-state index in [9.17, 15) is 18.7 Å². The molecule has 0 amide bonds. The maximum Gasteiger partial charge on any atom is 0.335 e. The molecule has 0 unspecified atom stereocenters. The van der Waals surface area contributed by atoms with Gasteiger partial charge in [-0.2, -0.15) is 0 Å². The lowest BCUT2D eigenvalue weighted by Gasteiger charge is -2.39. The fourth-order valence-corrected chi connectivity index (χ4v) is 5.93. The van der Waals surface area contributed by atoms with Crippen LogP contribution in [0, 0.1) is 24.5 Å². The standard InChI is InChI=1S/C32H32F3NO2/c1-20-25(6-3-8-29(20)34)27-7-2-5-23-17-24(32(37)38)10-12-26(23)31(27)28-11-9-21(16-30(28)35)15-22-18-36(19-22)14-4-13-33/h3,6,8-12,16-17,22H,2,4-5,7,13-15,18-19H2,1H3,(H,37,38). The first-order valence-electron chi connectivity index (χ1n) is 13.3. The number of fused-ring (bicyclic) bond motifs is 1. The lowest BCUT2D eigenvalue weighted by atomic mass is 9.85. The SMILES string of the molecule is Cc1c(F)cccc1C1=C(c2ccc(CC3CN(CCCF)C3)cc2F)c2ccc(C(=O)O)cc2CCC1. The molecule has 1 N–H and O–H groups in total. The zero-order valence-corrected chi connectivity index (χ0v) is 21.6. The molecule has 1 saturated heterocycles. The molecule has 1 aliphatic carbocycles. The third-order valence-corrected chi connectivity index (χ3v) is 7.86. The van der Waals surface area contributed by atoms with Crippen LogP contribution in [-0.4, -0.2) is 42.3 Å².